The van der Waals surface area contributed by atoms with Crippen LogP contribution in [0.2, 0.25) is 0 Å². The molecule has 2 heterocycles. The van der Waals surface area contributed by atoms with Gasteiger partial charge in [-0.3, -0.25) is 4.84 Å². The van der Waals surface area contributed by atoms with E-state index in [2.05, 4.69) is 4.98 Å². The molecule has 0 unspecified atom stereocenters. The lowest BCUT2D eigenvalue weighted by atomic mass is 10.4. The third-order valence-corrected chi connectivity index (χ3v) is 3.04. The van der Waals surface area contributed by atoms with E-state index in [1.807, 2.05) is 12.1 Å². The predicted octanol–water partition coefficient (Wildman–Crippen LogP) is 1.59. The number of hydrogen-bond acceptors (Lipinski definition) is 5. The third kappa shape index (κ3) is 2.44. The third-order valence-electron chi connectivity index (χ3n) is 3.04. The second-order valence-electron chi connectivity index (χ2n) is 4.61. The number of ether oxygens (including phenoxy) is 1. The largest absolute Gasteiger partial charge is 0.476 e. The van der Waals surface area contributed by atoms with Gasteiger partial charge in [0.15, 0.2) is 5.82 Å². The second kappa shape index (κ2) is 4.41. The SMILES string of the molecule is Nc1ccc(N2CCCO2)nc1OCC1CC1. The van der Waals surface area contributed by atoms with Gasteiger partial charge in [0.2, 0.25) is 5.88 Å². The molecular formula is C12H17N3O2. The molecular weight excluding hydrogens is 218 g/mol. The molecule has 17 heavy (non-hydrogen) atoms. The number of nitrogens with zero attached hydrogens (tertiary/aromatic N) is 2. The number of nitrogen functional groups attached to an aromatic ring is 1. The quantitative estimate of drug-likeness (QED) is 0.858. The highest BCUT2D eigenvalue weighted by Gasteiger charge is 2.23. The first kappa shape index (κ1) is 10.7. The molecule has 2 aliphatic rings. The predicted molar refractivity (Wildman–Crippen MR) is 64.8 cm³/mol. The topological polar surface area (TPSA) is 60.6 Å². The second-order valence-corrected chi connectivity index (χ2v) is 4.61. The summed E-state index contributed by atoms with van der Waals surface area (Å²) in [5.74, 6) is 2.01. The molecule has 3 rings (SSSR count). The number of anilines is 2. The van der Waals surface area contributed by atoms with Crippen molar-refractivity contribution >= 4 is 11.5 Å². The zero-order chi connectivity index (χ0) is 11.7. The molecule has 1 aromatic heterocycles. The van der Waals surface area contributed by atoms with Crippen molar-refractivity contribution in [2.24, 2.45) is 5.92 Å². The number of rotatable bonds is 4. The van der Waals surface area contributed by atoms with Gasteiger partial charge in [0.25, 0.3) is 0 Å². The van der Waals surface area contributed by atoms with Crippen LogP contribution in [0, 0.1) is 5.92 Å². The maximum Gasteiger partial charge on any atom is 0.239 e. The van der Waals surface area contributed by atoms with Crippen LogP contribution in [0.25, 0.3) is 0 Å². The van der Waals surface area contributed by atoms with Crippen molar-refractivity contribution in [2.75, 3.05) is 30.6 Å². The molecule has 92 valence electrons. The van der Waals surface area contributed by atoms with E-state index in [0.29, 0.717) is 17.5 Å². The van der Waals surface area contributed by atoms with Gasteiger partial charge in [-0.2, -0.15) is 4.98 Å². The van der Waals surface area contributed by atoms with E-state index in [9.17, 15) is 0 Å². The molecule has 0 spiro atoms. The maximum atomic E-state index is 5.85. The van der Waals surface area contributed by atoms with Crippen LogP contribution in [0.4, 0.5) is 11.5 Å². The maximum absolute atomic E-state index is 5.85. The Morgan fingerprint density at radius 2 is 2.35 bits per heavy atom. The highest BCUT2D eigenvalue weighted by atomic mass is 16.7. The van der Waals surface area contributed by atoms with Gasteiger partial charge in [0, 0.05) is 6.54 Å². The lowest BCUT2D eigenvalue weighted by Crippen LogP contribution is -2.18. The molecule has 1 saturated heterocycles. The minimum atomic E-state index is 0.532. The number of nitrogens with two attached hydrogens (primary N) is 1. The van der Waals surface area contributed by atoms with Gasteiger partial charge in [0.1, 0.15) is 0 Å². The minimum absolute atomic E-state index is 0.532. The van der Waals surface area contributed by atoms with E-state index in [4.69, 9.17) is 15.3 Å². The molecule has 1 saturated carbocycles. The Bertz CT molecular complexity index is 401. The van der Waals surface area contributed by atoms with Gasteiger partial charge in [-0.15, -0.1) is 0 Å². The van der Waals surface area contributed by atoms with Crippen LogP contribution in [0.3, 0.4) is 0 Å². The fraction of sp³-hybridized carbons (Fsp3) is 0.583. The van der Waals surface area contributed by atoms with E-state index in [0.717, 1.165) is 32.0 Å². The average molecular weight is 235 g/mol. The molecule has 2 N–H and O–H groups in total. The smallest absolute Gasteiger partial charge is 0.239 e. The van der Waals surface area contributed by atoms with Crippen molar-refractivity contribution in [3.63, 3.8) is 0 Å². The highest BCUT2D eigenvalue weighted by molar-refractivity contribution is 5.54. The molecule has 0 atom stereocenters. The highest BCUT2D eigenvalue weighted by Crippen LogP contribution is 2.31. The van der Waals surface area contributed by atoms with E-state index < -0.39 is 0 Å². The molecule has 0 aromatic carbocycles. The van der Waals surface area contributed by atoms with Crippen LogP contribution in [-0.4, -0.2) is 24.7 Å². The summed E-state index contributed by atoms with van der Waals surface area (Å²) in [6.45, 7) is 2.35. The van der Waals surface area contributed by atoms with Crippen LogP contribution in [-0.2, 0) is 4.84 Å². The summed E-state index contributed by atoms with van der Waals surface area (Å²) >= 11 is 0. The molecule has 5 heteroatoms. The standard InChI is InChI=1S/C12H17N3O2/c13-10-4-5-11(15-6-1-7-17-15)14-12(10)16-8-9-2-3-9/h4-5,9H,1-3,6-8,13H2. The average Bonchev–Trinajstić information content (AvgIpc) is 3.00. The Hall–Kier alpha value is -1.49. The first-order valence-corrected chi connectivity index (χ1v) is 6.13. The zero-order valence-electron chi connectivity index (χ0n) is 9.76. The van der Waals surface area contributed by atoms with Gasteiger partial charge in [-0.1, -0.05) is 0 Å². The zero-order valence-corrected chi connectivity index (χ0v) is 9.76. The van der Waals surface area contributed by atoms with E-state index >= 15 is 0 Å². The normalized spacial score (nSPS) is 19.6. The van der Waals surface area contributed by atoms with E-state index in [-0.39, 0.29) is 0 Å². The van der Waals surface area contributed by atoms with Gasteiger partial charge >= 0.3 is 0 Å². The minimum Gasteiger partial charge on any atom is -0.476 e. The van der Waals surface area contributed by atoms with Crippen molar-refractivity contribution in [3.8, 4) is 5.88 Å². The molecule has 0 radical (unpaired) electrons. The van der Waals surface area contributed by atoms with Crippen molar-refractivity contribution in [1.82, 2.24) is 4.98 Å². The Labute approximate surface area is 100 Å². The fourth-order valence-electron chi connectivity index (χ4n) is 1.81. The Balaban J connectivity index is 1.73. The first-order valence-electron chi connectivity index (χ1n) is 6.13. The van der Waals surface area contributed by atoms with Crippen LogP contribution >= 0.6 is 0 Å². The molecule has 5 nitrogen and oxygen atoms in total. The van der Waals surface area contributed by atoms with E-state index in [1.54, 1.807) is 5.06 Å². The van der Waals surface area contributed by atoms with Gasteiger partial charge < -0.3 is 10.5 Å². The fourth-order valence-corrected chi connectivity index (χ4v) is 1.81. The number of hydrogen-bond donors (Lipinski definition) is 1. The van der Waals surface area contributed by atoms with Crippen molar-refractivity contribution in [1.29, 1.82) is 0 Å². The Morgan fingerprint density at radius 1 is 1.47 bits per heavy atom. The molecule has 1 aliphatic carbocycles. The lowest BCUT2D eigenvalue weighted by molar-refractivity contribution is 0.165. The van der Waals surface area contributed by atoms with Crippen molar-refractivity contribution in [2.45, 2.75) is 19.3 Å². The number of aromatic nitrogens is 1. The summed E-state index contributed by atoms with van der Waals surface area (Å²) in [6, 6.07) is 3.69. The molecule has 0 bridgehead atoms. The summed E-state index contributed by atoms with van der Waals surface area (Å²) in [5.41, 5.74) is 6.44. The monoisotopic (exact) mass is 235 g/mol. The van der Waals surface area contributed by atoms with Crippen molar-refractivity contribution in [3.05, 3.63) is 12.1 Å². The van der Waals surface area contributed by atoms with Crippen molar-refractivity contribution < 1.29 is 9.57 Å². The van der Waals surface area contributed by atoms with Crippen LogP contribution < -0.4 is 15.5 Å². The molecule has 2 fully saturated rings. The first-order chi connectivity index (χ1) is 8.33. The summed E-state index contributed by atoms with van der Waals surface area (Å²) in [7, 11) is 0. The van der Waals surface area contributed by atoms with Gasteiger partial charge in [-0.25, -0.2) is 5.06 Å². The Morgan fingerprint density at radius 3 is 3.06 bits per heavy atom. The summed E-state index contributed by atoms with van der Waals surface area (Å²) in [5, 5.41) is 1.80. The summed E-state index contributed by atoms with van der Waals surface area (Å²) in [4.78, 5) is 9.85. The van der Waals surface area contributed by atoms with Crippen LogP contribution in [0.1, 0.15) is 19.3 Å². The van der Waals surface area contributed by atoms with Gasteiger partial charge in [0.05, 0.1) is 18.9 Å². The van der Waals surface area contributed by atoms with E-state index in [1.165, 1.54) is 12.8 Å². The molecule has 1 aliphatic heterocycles. The van der Waals surface area contributed by atoms with Gasteiger partial charge in [-0.05, 0) is 37.3 Å². The summed E-state index contributed by atoms with van der Waals surface area (Å²) < 4.78 is 5.64. The summed E-state index contributed by atoms with van der Waals surface area (Å²) in [6.07, 6.45) is 3.55. The lowest BCUT2D eigenvalue weighted by Gasteiger charge is -2.16. The Kier molecular flexibility index (Phi) is 2.76. The van der Waals surface area contributed by atoms with Crippen LogP contribution in [0.15, 0.2) is 12.1 Å². The van der Waals surface area contributed by atoms with Crippen LogP contribution in [0.5, 0.6) is 5.88 Å². The molecule has 0 amide bonds. The number of pyridine rings is 1. The number of hydroxylamine groups is 1. The molecule has 1 aromatic rings.